The minimum atomic E-state index is -0.935. The van der Waals surface area contributed by atoms with Gasteiger partial charge in [-0.2, -0.15) is 0 Å². The van der Waals surface area contributed by atoms with Crippen molar-refractivity contribution in [1.82, 2.24) is 25.4 Å². The molecule has 0 aliphatic rings. The van der Waals surface area contributed by atoms with Crippen molar-refractivity contribution in [3.8, 4) is 0 Å². The molecule has 2 rings (SSSR count). The van der Waals surface area contributed by atoms with Crippen molar-refractivity contribution in [2.45, 2.75) is 26.0 Å². The van der Waals surface area contributed by atoms with Gasteiger partial charge in [0.2, 0.25) is 0 Å². The number of hydrogen-bond acceptors (Lipinski definition) is 5. The van der Waals surface area contributed by atoms with Gasteiger partial charge in [-0.15, -0.1) is 21.5 Å². The fourth-order valence-corrected chi connectivity index (χ4v) is 2.66. The Labute approximate surface area is 134 Å². The second-order valence-corrected chi connectivity index (χ2v) is 6.11. The largest absolute Gasteiger partial charge is 0.383 e. The van der Waals surface area contributed by atoms with Crippen molar-refractivity contribution in [3.63, 3.8) is 0 Å². The second kappa shape index (κ2) is 7.37. The number of guanidine groups is 1. The van der Waals surface area contributed by atoms with E-state index < -0.39 is 5.60 Å². The van der Waals surface area contributed by atoms with Crippen LogP contribution in [0, 0.1) is 0 Å². The van der Waals surface area contributed by atoms with E-state index in [-0.39, 0.29) is 0 Å². The van der Waals surface area contributed by atoms with E-state index in [1.54, 1.807) is 13.3 Å². The molecule has 0 saturated carbocycles. The molecule has 1 unspecified atom stereocenters. The zero-order chi connectivity index (χ0) is 16.0. The van der Waals surface area contributed by atoms with E-state index in [0.29, 0.717) is 19.0 Å². The Hall–Kier alpha value is -1.93. The van der Waals surface area contributed by atoms with Crippen LogP contribution in [0.25, 0.3) is 0 Å². The zero-order valence-corrected chi connectivity index (χ0v) is 13.9. The fraction of sp³-hybridized carbons (Fsp3) is 0.500. The van der Waals surface area contributed by atoms with E-state index >= 15 is 0 Å². The molecule has 8 heteroatoms. The summed E-state index contributed by atoms with van der Waals surface area (Å²) in [6.07, 6.45) is 1.65. The van der Waals surface area contributed by atoms with Gasteiger partial charge in [0.05, 0.1) is 6.54 Å². The average Bonchev–Trinajstić information content (AvgIpc) is 3.14. The molecule has 0 aromatic carbocycles. The number of aromatic nitrogens is 3. The third-order valence-electron chi connectivity index (χ3n) is 3.18. The van der Waals surface area contributed by atoms with Crippen molar-refractivity contribution in [2.24, 2.45) is 12.0 Å². The molecule has 7 nitrogen and oxygen atoms in total. The number of aliphatic hydroxyl groups is 1. The molecule has 0 aliphatic heterocycles. The number of nitrogens with zero attached hydrogens (tertiary/aromatic N) is 4. The highest BCUT2D eigenvalue weighted by Gasteiger charge is 2.24. The van der Waals surface area contributed by atoms with Crippen LogP contribution in [0.5, 0.6) is 0 Å². The molecule has 0 aliphatic carbocycles. The Morgan fingerprint density at radius 3 is 2.91 bits per heavy atom. The van der Waals surface area contributed by atoms with Gasteiger partial charge in [0.1, 0.15) is 18.5 Å². The lowest BCUT2D eigenvalue weighted by Crippen LogP contribution is -2.44. The SMILES string of the molecule is CCNC(=NCc1nncn1C)NCC(C)(O)c1cccs1. The number of aryl methyl sites for hydroxylation is 1. The number of thiophene rings is 1. The van der Waals surface area contributed by atoms with Gasteiger partial charge in [-0.25, -0.2) is 4.99 Å². The maximum absolute atomic E-state index is 10.5. The first kappa shape index (κ1) is 16.4. The van der Waals surface area contributed by atoms with E-state index in [0.717, 1.165) is 17.2 Å². The molecular weight excluding hydrogens is 300 g/mol. The van der Waals surface area contributed by atoms with Crippen molar-refractivity contribution in [2.75, 3.05) is 13.1 Å². The molecule has 22 heavy (non-hydrogen) atoms. The highest BCUT2D eigenvalue weighted by Crippen LogP contribution is 2.24. The lowest BCUT2D eigenvalue weighted by molar-refractivity contribution is 0.0655. The first-order chi connectivity index (χ1) is 10.5. The van der Waals surface area contributed by atoms with Gasteiger partial charge in [-0.1, -0.05) is 6.07 Å². The Kier molecular flexibility index (Phi) is 5.51. The lowest BCUT2D eigenvalue weighted by atomic mass is 10.1. The quantitative estimate of drug-likeness (QED) is 0.542. The molecule has 0 spiro atoms. The summed E-state index contributed by atoms with van der Waals surface area (Å²) in [5, 5.41) is 26.6. The summed E-state index contributed by atoms with van der Waals surface area (Å²) in [5.41, 5.74) is -0.935. The molecule has 1 atom stereocenters. The average molecular weight is 322 g/mol. The number of rotatable bonds is 6. The standard InChI is InChI=1S/C14H22N6OS/c1-4-15-13(16-8-12-19-18-10-20(12)3)17-9-14(2,21)11-6-5-7-22-11/h5-7,10,21H,4,8-9H2,1-3H3,(H2,15,16,17). The molecule has 0 amide bonds. The topological polar surface area (TPSA) is 87.4 Å². The highest BCUT2D eigenvalue weighted by atomic mass is 32.1. The molecule has 0 fully saturated rings. The first-order valence-electron chi connectivity index (χ1n) is 7.14. The maximum Gasteiger partial charge on any atom is 0.191 e. The Balaban J connectivity index is 1.98. The maximum atomic E-state index is 10.5. The third-order valence-corrected chi connectivity index (χ3v) is 4.30. The third kappa shape index (κ3) is 4.28. The summed E-state index contributed by atoms with van der Waals surface area (Å²) >= 11 is 1.54. The smallest absolute Gasteiger partial charge is 0.191 e. The number of nitrogens with one attached hydrogen (secondary N) is 2. The molecule has 3 N–H and O–H groups in total. The van der Waals surface area contributed by atoms with Crippen LogP contribution in [-0.2, 0) is 19.2 Å². The monoisotopic (exact) mass is 322 g/mol. The van der Waals surface area contributed by atoms with Gasteiger partial charge in [0.15, 0.2) is 11.8 Å². The van der Waals surface area contributed by atoms with Gasteiger partial charge < -0.3 is 20.3 Å². The predicted octanol–water partition coefficient (Wildman–Crippen LogP) is 0.839. The van der Waals surface area contributed by atoms with E-state index in [1.807, 2.05) is 36.1 Å². The Bertz CT molecular complexity index is 605. The lowest BCUT2D eigenvalue weighted by Gasteiger charge is -2.23. The van der Waals surface area contributed by atoms with E-state index in [9.17, 15) is 5.11 Å². The van der Waals surface area contributed by atoms with Crippen LogP contribution in [0.4, 0.5) is 0 Å². The number of aliphatic imine (C=N–C) groups is 1. The second-order valence-electron chi connectivity index (χ2n) is 5.16. The minimum Gasteiger partial charge on any atom is -0.383 e. The van der Waals surface area contributed by atoms with Gasteiger partial charge in [-0.05, 0) is 25.3 Å². The van der Waals surface area contributed by atoms with Crippen molar-refractivity contribution < 1.29 is 5.11 Å². The Morgan fingerprint density at radius 2 is 2.32 bits per heavy atom. The van der Waals surface area contributed by atoms with Crippen LogP contribution in [0.3, 0.4) is 0 Å². The summed E-state index contributed by atoms with van der Waals surface area (Å²) in [6.45, 7) is 5.33. The summed E-state index contributed by atoms with van der Waals surface area (Å²) in [5.74, 6) is 1.42. The van der Waals surface area contributed by atoms with Crippen molar-refractivity contribution >= 4 is 17.3 Å². The molecular formula is C14H22N6OS. The molecule has 2 aromatic heterocycles. The van der Waals surface area contributed by atoms with E-state index in [2.05, 4.69) is 25.8 Å². The summed E-state index contributed by atoms with van der Waals surface area (Å²) in [6, 6.07) is 3.86. The van der Waals surface area contributed by atoms with E-state index in [4.69, 9.17) is 0 Å². The van der Waals surface area contributed by atoms with Gasteiger partial charge in [-0.3, -0.25) is 0 Å². The van der Waals surface area contributed by atoms with Crippen LogP contribution in [-0.4, -0.2) is 38.9 Å². The predicted molar refractivity (Wildman–Crippen MR) is 87.7 cm³/mol. The zero-order valence-electron chi connectivity index (χ0n) is 13.1. The van der Waals surface area contributed by atoms with Crippen LogP contribution in [0.2, 0.25) is 0 Å². The van der Waals surface area contributed by atoms with E-state index in [1.165, 1.54) is 11.3 Å². The van der Waals surface area contributed by atoms with Crippen molar-refractivity contribution in [3.05, 3.63) is 34.5 Å². The summed E-state index contributed by atoms with van der Waals surface area (Å²) < 4.78 is 1.83. The van der Waals surface area contributed by atoms with Gasteiger partial charge in [0.25, 0.3) is 0 Å². The van der Waals surface area contributed by atoms with Crippen LogP contribution in [0.1, 0.15) is 24.5 Å². The molecule has 2 heterocycles. The number of hydrogen-bond donors (Lipinski definition) is 3. The fourth-order valence-electron chi connectivity index (χ4n) is 1.87. The molecule has 0 bridgehead atoms. The normalized spacial score (nSPS) is 14.6. The molecule has 2 aromatic rings. The van der Waals surface area contributed by atoms with Crippen molar-refractivity contribution in [1.29, 1.82) is 0 Å². The summed E-state index contributed by atoms with van der Waals surface area (Å²) in [7, 11) is 1.88. The molecule has 0 saturated heterocycles. The highest BCUT2D eigenvalue weighted by molar-refractivity contribution is 7.10. The van der Waals surface area contributed by atoms with Gasteiger partial charge >= 0.3 is 0 Å². The molecule has 0 radical (unpaired) electrons. The minimum absolute atomic E-state index is 0.373. The summed E-state index contributed by atoms with van der Waals surface area (Å²) in [4.78, 5) is 5.39. The van der Waals surface area contributed by atoms with Gasteiger partial charge in [0, 0.05) is 18.5 Å². The van der Waals surface area contributed by atoms with Crippen LogP contribution < -0.4 is 10.6 Å². The van der Waals surface area contributed by atoms with Crippen LogP contribution in [0.15, 0.2) is 28.8 Å². The molecule has 120 valence electrons. The Morgan fingerprint density at radius 1 is 1.50 bits per heavy atom. The first-order valence-corrected chi connectivity index (χ1v) is 8.02. The van der Waals surface area contributed by atoms with Crippen LogP contribution >= 0.6 is 11.3 Å².